The van der Waals surface area contributed by atoms with E-state index in [0.717, 1.165) is 17.0 Å². The van der Waals surface area contributed by atoms with E-state index in [1.165, 1.54) is 17.6 Å². The molecule has 2 aromatic heterocycles. The number of benzene rings is 1. The molecule has 0 atom stereocenters. The smallest absolute Gasteiger partial charge is 0.251 e. The lowest BCUT2D eigenvalue weighted by molar-refractivity contribution is 0.0949. The monoisotopic (exact) mass is 320 g/mol. The number of carbonyl (C=O) groups excluding carboxylic acids is 1. The molecule has 0 fully saturated rings. The van der Waals surface area contributed by atoms with E-state index in [1.807, 2.05) is 17.5 Å². The first-order valence-corrected chi connectivity index (χ1v) is 7.22. The fraction of sp³-hybridized carbons (Fsp3) is 0.0667. The first-order valence-electron chi connectivity index (χ1n) is 6.34. The largest absolute Gasteiger partial charge is 0.443 e. The highest BCUT2D eigenvalue weighted by Crippen LogP contribution is 2.23. The van der Waals surface area contributed by atoms with Crippen molar-refractivity contribution < 1.29 is 18.0 Å². The second kappa shape index (κ2) is 6.07. The van der Waals surface area contributed by atoms with Crippen LogP contribution in [-0.2, 0) is 6.54 Å². The van der Waals surface area contributed by atoms with Gasteiger partial charge in [0, 0.05) is 11.6 Å². The lowest BCUT2D eigenvalue weighted by Crippen LogP contribution is -2.23. The summed E-state index contributed by atoms with van der Waals surface area (Å²) in [5.74, 6) is -1.71. The van der Waals surface area contributed by atoms with Gasteiger partial charge in [0.15, 0.2) is 0 Å². The second-order valence-corrected chi connectivity index (χ2v) is 5.41. The van der Waals surface area contributed by atoms with E-state index in [4.69, 9.17) is 4.42 Å². The normalized spacial score (nSPS) is 10.6. The van der Waals surface area contributed by atoms with Crippen LogP contribution in [0.5, 0.6) is 0 Å². The van der Waals surface area contributed by atoms with Crippen molar-refractivity contribution in [1.29, 1.82) is 0 Å². The lowest BCUT2D eigenvalue weighted by Gasteiger charge is -2.03. The fourth-order valence-electron chi connectivity index (χ4n) is 1.86. The van der Waals surface area contributed by atoms with E-state index in [9.17, 15) is 13.6 Å². The van der Waals surface area contributed by atoms with Gasteiger partial charge in [-0.2, -0.15) is 0 Å². The maximum atomic E-state index is 13.1. The standard InChI is InChI=1S/C15H10F2N2O2S/c16-10-4-9(5-11(17)6-10)14(20)18-7-12-8-21-15(19-12)13-2-1-3-22-13/h1-6,8H,7H2,(H,18,20). The molecule has 0 aliphatic rings. The molecule has 1 amide bonds. The third-order valence-electron chi connectivity index (χ3n) is 2.84. The minimum Gasteiger partial charge on any atom is -0.443 e. The summed E-state index contributed by atoms with van der Waals surface area (Å²) in [7, 11) is 0. The minimum absolute atomic E-state index is 0.0838. The second-order valence-electron chi connectivity index (χ2n) is 4.46. The van der Waals surface area contributed by atoms with Crippen molar-refractivity contribution in [3.05, 3.63) is 64.9 Å². The Balaban J connectivity index is 1.66. The number of halogens is 2. The van der Waals surface area contributed by atoms with Crippen LogP contribution in [0, 0.1) is 11.6 Å². The van der Waals surface area contributed by atoms with Crippen molar-refractivity contribution >= 4 is 17.2 Å². The molecule has 112 valence electrons. The predicted octanol–water partition coefficient (Wildman–Crippen LogP) is 3.61. The summed E-state index contributed by atoms with van der Waals surface area (Å²) in [5.41, 5.74) is 0.438. The molecule has 0 bridgehead atoms. The Morgan fingerprint density at radius 1 is 1.27 bits per heavy atom. The average Bonchev–Trinajstić information content (AvgIpc) is 3.14. The Morgan fingerprint density at radius 3 is 2.73 bits per heavy atom. The zero-order chi connectivity index (χ0) is 15.5. The number of amides is 1. The summed E-state index contributed by atoms with van der Waals surface area (Å²) >= 11 is 1.49. The number of thiophene rings is 1. The van der Waals surface area contributed by atoms with Gasteiger partial charge in [0.1, 0.15) is 17.9 Å². The highest BCUT2D eigenvalue weighted by Gasteiger charge is 2.11. The summed E-state index contributed by atoms with van der Waals surface area (Å²) in [6.45, 7) is 0.103. The van der Waals surface area contributed by atoms with Crippen molar-refractivity contribution in [3.63, 3.8) is 0 Å². The third-order valence-corrected chi connectivity index (χ3v) is 3.70. The molecular formula is C15H10F2N2O2S. The predicted molar refractivity (Wildman–Crippen MR) is 77.3 cm³/mol. The molecule has 0 aliphatic carbocycles. The zero-order valence-corrected chi connectivity index (χ0v) is 12.0. The van der Waals surface area contributed by atoms with Crippen molar-refractivity contribution in [2.45, 2.75) is 6.54 Å². The molecule has 3 aromatic rings. The number of hydrogen-bond acceptors (Lipinski definition) is 4. The molecule has 0 saturated heterocycles. The molecule has 2 heterocycles. The quantitative estimate of drug-likeness (QED) is 0.799. The Kier molecular flexibility index (Phi) is 3.97. The van der Waals surface area contributed by atoms with Crippen LogP contribution in [-0.4, -0.2) is 10.9 Å². The SMILES string of the molecule is O=C(NCc1coc(-c2cccs2)n1)c1cc(F)cc(F)c1. The first-order chi connectivity index (χ1) is 10.6. The average molecular weight is 320 g/mol. The van der Waals surface area contributed by atoms with Gasteiger partial charge in [-0.3, -0.25) is 4.79 Å². The van der Waals surface area contributed by atoms with Gasteiger partial charge in [-0.15, -0.1) is 11.3 Å². The van der Waals surface area contributed by atoms with E-state index in [2.05, 4.69) is 10.3 Å². The molecule has 1 aromatic carbocycles. The molecule has 4 nitrogen and oxygen atoms in total. The van der Waals surface area contributed by atoms with E-state index in [0.29, 0.717) is 17.7 Å². The number of oxazole rings is 1. The summed E-state index contributed by atoms with van der Waals surface area (Å²) in [4.78, 5) is 17.0. The van der Waals surface area contributed by atoms with Gasteiger partial charge in [0.05, 0.1) is 17.1 Å². The van der Waals surface area contributed by atoms with Gasteiger partial charge in [-0.25, -0.2) is 13.8 Å². The summed E-state index contributed by atoms with van der Waals surface area (Å²) in [6, 6.07) is 6.40. The maximum Gasteiger partial charge on any atom is 0.251 e. The van der Waals surface area contributed by atoms with Gasteiger partial charge in [0.2, 0.25) is 5.89 Å². The molecule has 0 radical (unpaired) electrons. The van der Waals surface area contributed by atoms with E-state index >= 15 is 0 Å². The van der Waals surface area contributed by atoms with Crippen LogP contribution in [0.15, 0.2) is 46.4 Å². The summed E-state index contributed by atoms with van der Waals surface area (Å²) < 4.78 is 31.4. The Hall–Kier alpha value is -2.54. The van der Waals surface area contributed by atoms with Crippen molar-refractivity contribution in [1.82, 2.24) is 10.3 Å². The number of aromatic nitrogens is 1. The summed E-state index contributed by atoms with van der Waals surface area (Å²) in [5, 5.41) is 4.44. The summed E-state index contributed by atoms with van der Waals surface area (Å²) in [6.07, 6.45) is 1.43. The number of hydrogen-bond donors (Lipinski definition) is 1. The highest BCUT2D eigenvalue weighted by molar-refractivity contribution is 7.13. The maximum absolute atomic E-state index is 13.1. The molecule has 3 rings (SSSR count). The first kappa shape index (κ1) is 14.4. The number of rotatable bonds is 4. The van der Waals surface area contributed by atoms with Crippen LogP contribution in [0.3, 0.4) is 0 Å². The van der Waals surface area contributed by atoms with Crippen molar-refractivity contribution in [2.75, 3.05) is 0 Å². The fourth-order valence-corrected chi connectivity index (χ4v) is 2.51. The van der Waals surface area contributed by atoms with Crippen molar-refractivity contribution in [3.8, 4) is 10.8 Å². The van der Waals surface area contributed by atoms with E-state index < -0.39 is 17.5 Å². The topological polar surface area (TPSA) is 55.1 Å². The van der Waals surface area contributed by atoms with Crippen LogP contribution in [0.25, 0.3) is 10.8 Å². The highest BCUT2D eigenvalue weighted by atomic mass is 32.1. The molecule has 22 heavy (non-hydrogen) atoms. The Morgan fingerprint density at radius 2 is 2.05 bits per heavy atom. The van der Waals surface area contributed by atoms with Gasteiger partial charge in [0.25, 0.3) is 5.91 Å². The molecule has 0 aliphatic heterocycles. The molecule has 0 saturated carbocycles. The third kappa shape index (κ3) is 3.20. The number of nitrogens with one attached hydrogen (secondary N) is 1. The van der Waals surface area contributed by atoms with Crippen LogP contribution >= 0.6 is 11.3 Å². The van der Waals surface area contributed by atoms with Gasteiger partial charge in [-0.05, 0) is 23.6 Å². The Labute approximate surface area is 128 Å². The van der Waals surface area contributed by atoms with Crippen LogP contribution in [0.2, 0.25) is 0 Å². The minimum atomic E-state index is -0.799. The molecule has 0 unspecified atom stereocenters. The van der Waals surface area contributed by atoms with Crippen LogP contribution in [0.4, 0.5) is 8.78 Å². The number of nitrogens with zero attached hydrogens (tertiary/aromatic N) is 1. The number of carbonyl (C=O) groups is 1. The van der Waals surface area contributed by atoms with Gasteiger partial charge in [-0.1, -0.05) is 6.07 Å². The van der Waals surface area contributed by atoms with Gasteiger partial charge < -0.3 is 9.73 Å². The van der Waals surface area contributed by atoms with Gasteiger partial charge >= 0.3 is 0 Å². The van der Waals surface area contributed by atoms with E-state index in [-0.39, 0.29) is 12.1 Å². The van der Waals surface area contributed by atoms with Crippen LogP contribution < -0.4 is 5.32 Å². The van der Waals surface area contributed by atoms with Crippen LogP contribution in [0.1, 0.15) is 16.1 Å². The zero-order valence-electron chi connectivity index (χ0n) is 11.2. The molecule has 7 heteroatoms. The molecule has 1 N–H and O–H groups in total. The van der Waals surface area contributed by atoms with E-state index in [1.54, 1.807) is 0 Å². The Bertz CT molecular complexity index is 779. The molecule has 0 spiro atoms. The van der Waals surface area contributed by atoms with Crippen molar-refractivity contribution in [2.24, 2.45) is 0 Å². The molecular weight excluding hydrogens is 310 g/mol. The lowest BCUT2D eigenvalue weighted by atomic mass is 10.2.